The number of hydroxylamine groups is 2. The molecule has 1 saturated heterocycles. The summed E-state index contributed by atoms with van der Waals surface area (Å²) in [5, 5.41) is 12.6. The van der Waals surface area contributed by atoms with Crippen LogP contribution in [0.3, 0.4) is 0 Å². The third-order valence-corrected chi connectivity index (χ3v) is 5.70. The third-order valence-electron chi connectivity index (χ3n) is 5.70. The van der Waals surface area contributed by atoms with Crippen LogP contribution in [0.15, 0.2) is 51.7 Å². The predicted molar refractivity (Wildman–Crippen MR) is 115 cm³/mol. The average molecular weight is 488 g/mol. The van der Waals surface area contributed by atoms with Gasteiger partial charge in [-0.05, 0) is 28.8 Å². The Balaban J connectivity index is 1.55. The lowest BCUT2D eigenvalue weighted by Gasteiger charge is -2.33. The first-order chi connectivity index (χ1) is 16.6. The van der Waals surface area contributed by atoms with Crippen molar-refractivity contribution in [1.29, 1.82) is 5.26 Å². The standard InChI is InChI=1S/C23H19F3N4O5/c1-29-18-9-15(6-7-19(18)34-22(29)33)14-4-2-13(3-5-14)8-17(10-27)30(20(31)16-11-28-12-16)35-21(32)23(24,25)26/h2-7,9,16-17,28H,8,11-12H2,1H3/t17-/m0/s1. The molecule has 0 saturated carbocycles. The number of nitriles is 1. The molecule has 0 spiro atoms. The molecule has 0 aliphatic carbocycles. The molecule has 1 aliphatic rings. The normalized spacial score (nSPS) is 14.7. The van der Waals surface area contributed by atoms with Crippen molar-refractivity contribution in [3.05, 3.63) is 58.6 Å². The van der Waals surface area contributed by atoms with Crippen molar-refractivity contribution in [2.24, 2.45) is 13.0 Å². The van der Waals surface area contributed by atoms with Crippen LogP contribution < -0.4 is 11.1 Å². The van der Waals surface area contributed by atoms with Crippen molar-refractivity contribution >= 4 is 23.0 Å². The fraction of sp³-hybridized carbons (Fsp3) is 0.304. The van der Waals surface area contributed by atoms with Crippen molar-refractivity contribution in [3.63, 3.8) is 0 Å². The quantitative estimate of drug-likeness (QED) is 0.548. The number of carbonyl (C=O) groups is 2. The minimum atomic E-state index is -5.32. The molecule has 4 rings (SSSR count). The van der Waals surface area contributed by atoms with Crippen molar-refractivity contribution in [3.8, 4) is 17.2 Å². The molecule has 1 aliphatic heterocycles. The monoisotopic (exact) mass is 488 g/mol. The van der Waals surface area contributed by atoms with Crippen molar-refractivity contribution in [2.45, 2.75) is 18.6 Å². The Kier molecular flexibility index (Phi) is 6.36. The molecule has 1 amide bonds. The molecule has 2 heterocycles. The van der Waals surface area contributed by atoms with Crippen molar-refractivity contribution in [2.75, 3.05) is 13.1 Å². The maximum absolute atomic E-state index is 12.8. The topological polar surface area (TPSA) is 118 Å². The molecular weight excluding hydrogens is 469 g/mol. The molecule has 3 aromatic rings. The van der Waals surface area contributed by atoms with Crippen molar-refractivity contribution in [1.82, 2.24) is 14.9 Å². The summed E-state index contributed by atoms with van der Waals surface area (Å²) >= 11 is 0. The highest BCUT2D eigenvalue weighted by atomic mass is 19.4. The van der Waals surface area contributed by atoms with Crippen LogP contribution in [-0.2, 0) is 27.9 Å². The maximum Gasteiger partial charge on any atom is 0.493 e. The summed E-state index contributed by atoms with van der Waals surface area (Å²) in [6.07, 6.45) is -5.49. The van der Waals surface area contributed by atoms with Crippen LogP contribution in [0.2, 0.25) is 0 Å². The van der Waals surface area contributed by atoms with Gasteiger partial charge in [-0.15, -0.1) is 0 Å². The molecule has 9 nitrogen and oxygen atoms in total. The molecule has 1 aromatic heterocycles. The predicted octanol–water partition coefficient (Wildman–Crippen LogP) is 2.30. The summed E-state index contributed by atoms with van der Waals surface area (Å²) in [7, 11) is 1.58. The van der Waals surface area contributed by atoms with Crippen LogP contribution in [-0.4, -0.2) is 46.8 Å². The van der Waals surface area contributed by atoms with Crippen molar-refractivity contribution < 1.29 is 32.0 Å². The fourth-order valence-electron chi connectivity index (χ4n) is 3.59. The van der Waals surface area contributed by atoms with Crippen LogP contribution in [0, 0.1) is 17.2 Å². The molecule has 1 atom stereocenters. The van der Waals surface area contributed by atoms with Crippen LogP contribution in [0.1, 0.15) is 5.56 Å². The maximum atomic E-state index is 12.8. The molecule has 1 N–H and O–H groups in total. The SMILES string of the molecule is Cn1c(=O)oc2ccc(-c3ccc(C[C@@H](C#N)N(OC(=O)C(F)(F)F)C(=O)C4CNC4)cc3)cc21. The number of halogens is 3. The first-order valence-electron chi connectivity index (χ1n) is 10.5. The van der Waals surface area contributed by atoms with Gasteiger partial charge in [-0.3, -0.25) is 9.36 Å². The molecule has 0 radical (unpaired) electrons. The van der Waals surface area contributed by atoms with E-state index < -0.39 is 35.8 Å². The van der Waals surface area contributed by atoms with E-state index in [0.29, 0.717) is 16.7 Å². The third kappa shape index (κ3) is 4.90. The molecule has 12 heteroatoms. The molecule has 35 heavy (non-hydrogen) atoms. The molecule has 0 bridgehead atoms. The number of hydrogen-bond acceptors (Lipinski definition) is 7. The summed E-state index contributed by atoms with van der Waals surface area (Å²) in [6.45, 7) is 0.413. The Morgan fingerprint density at radius 3 is 2.46 bits per heavy atom. The second kappa shape index (κ2) is 9.27. The Hall–Kier alpha value is -4.11. The number of carbonyl (C=O) groups excluding carboxylic acids is 2. The second-order valence-corrected chi connectivity index (χ2v) is 8.05. The van der Waals surface area contributed by atoms with Gasteiger partial charge in [-0.2, -0.15) is 23.5 Å². The minimum Gasteiger partial charge on any atom is -0.408 e. The van der Waals surface area contributed by atoms with Gasteiger partial charge in [0.05, 0.1) is 17.5 Å². The Labute approximate surface area is 196 Å². The zero-order chi connectivity index (χ0) is 25.3. The molecule has 1 fully saturated rings. The second-order valence-electron chi connectivity index (χ2n) is 8.05. The Morgan fingerprint density at radius 1 is 1.23 bits per heavy atom. The zero-order valence-electron chi connectivity index (χ0n) is 18.3. The highest BCUT2D eigenvalue weighted by Crippen LogP contribution is 2.26. The number of nitrogens with one attached hydrogen (secondary N) is 1. The first-order valence-corrected chi connectivity index (χ1v) is 10.5. The lowest BCUT2D eigenvalue weighted by atomic mass is 9.99. The van der Waals surface area contributed by atoms with Gasteiger partial charge >= 0.3 is 17.9 Å². The van der Waals surface area contributed by atoms with Gasteiger partial charge in [0.15, 0.2) is 11.6 Å². The number of oxazole rings is 1. The van der Waals surface area contributed by atoms with E-state index in [9.17, 15) is 32.8 Å². The van der Waals surface area contributed by atoms with Gasteiger partial charge in [0, 0.05) is 26.6 Å². The van der Waals surface area contributed by atoms with Crippen LogP contribution in [0.5, 0.6) is 0 Å². The smallest absolute Gasteiger partial charge is 0.408 e. The van der Waals surface area contributed by atoms with Crippen LogP contribution in [0.25, 0.3) is 22.2 Å². The lowest BCUT2D eigenvalue weighted by Crippen LogP contribution is -2.55. The highest BCUT2D eigenvalue weighted by molar-refractivity contribution is 5.83. The first kappa shape index (κ1) is 24.0. The van der Waals surface area contributed by atoms with E-state index in [2.05, 4.69) is 10.2 Å². The lowest BCUT2D eigenvalue weighted by molar-refractivity contribution is -0.242. The summed E-state index contributed by atoms with van der Waals surface area (Å²) in [5.74, 6) is -4.62. The summed E-state index contributed by atoms with van der Waals surface area (Å²) in [5.41, 5.74) is 3.13. The molecule has 0 unspecified atom stereocenters. The number of hydrogen-bond donors (Lipinski definition) is 1. The van der Waals surface area contributed by atoms with Gasteiger partial charge in [-0.1, -0.05) is 30.3 Å². The fourth-order valence-corrected chi connectivity index (χ4v) is 3.59. The average Bonchev–Trinajstić information content (AvgIpc) is 3.07. The van der Waals surface area contributed by atoms with E-state index in [4.69, 9.17) is 4.42 Å². The van der Waals surface area contributed by atoms with Crippen LogP contribution in [0.4, 0.5) is 13.2 Å². The number of alkyl halides is 3. The zero-order valence-corrected chi connectivity index (χ0v) is 18.3. The van der Waals surface area contributed by atoms with Crippen LogP contribution >= 0.6 is 0 Å². The van der Waals surface area contributed by atoms with Gasteiger partial charge in [0.1, 0.15) is 0 Å². The number of amides is 1. The van der Waals surface area contributed by atoms with E-state index in [-0.39, 0.29) is 24.6 Å². The Bertz CT molecular complexity index is 1370. The Morgan fingerprint density at radius 2 is 1.89 bits per heavy atom. The van der Waals surface area contributed by atoms with Gasteiger partial charge in [0.2, 0.25) is 0 Å². The van der Waals surface area contributed by atoms with E-state index in [1.807, 2.05) is 0 Å². The molecular formula is C23H19F3N4O5. The summed E-state index contributed by atoms with van der Waals surface area (Å²) < 4.78 is 44.8. The van der Waals surface area contributed by atoms with E-state index in [0.717, 1.165) is 11.1 Å². The number of benzene rings is 2. The number of aromatic nitrogens is 1. The number of aryl methyl sites for hydroxylation is 1. The van der Waals surface area contributed by atoms with E-state index >= 15 is 0 Å². The largest absolute Gasteiger partial charge is 0.493 e. The number of rotatable bonds is 5. The summed E-state index contributed by atoms with van der Waals surface area (Å²) in [6, 6.07) is 12.3. The molecule has 2 aromatic carbocycles. The van der Waals surface area contributed by atoms with E-state index in [1.54, 1.807) is 55.6 Å². The van der Waals surface area contributed by atoms with Gasteiger partial charge < -0.3 is 14.6 Å². The highest BCUT2D eigenvalue weighted by Gasteiger charge is 2.46. The van der Waals surface area contributed by atoms with Gasteiger partial charge in [-0.25, -0.2) is 9.59 Å². The molecule has 182 valence electrons. The number of nitrogens with zero attached hydrogens (tertiary/aromatic N) is 3. The van der Waals surface area contributed by atoms with E-state index in [1.165, 1.54) is 4.57 Å². The van der Waals surface area contributed by atoms with Gasteiger partial charge in [0.25, 0.3) is 5.91 Å². The minimum absolute atomic E-state index is 0.164. The number of fused-ring (bicyclic) bond motifs is 1. The summed E-state index contributed by atoms with van der Waals surface area (Å²) in [4.78, 5) is 40.1.